The SMILES string of the molecule is CCC1COCCN1C(=N)C1CCCC1. The van der Waals surface area contributed by atoms with Crippen molar-refractivity contribution < 1.29 is 4.74 Å². The van der Waals surface area contributed by atoms with E-state index in [1.165, 1.54) is 25.7 Å². The van der Waals surface area contributed by atoms with Gasteiger partial charge in [-0.3, -0.25) is 5.41 Å². The number of nitrogens with one attached hydrogen (secondary N) is 1. The maximum atomic E-state index is 8.28. The summed E-state index contributed by atoms with van der Waals surface area (Å²) in [6.07, 6.45) is 6.18. The Morgan fingerprint density at radius 3 is 2.80 bits per heavy atom. The number of amidine groups is 1. The molecule has 2 aliphatic rings. The highest BCUT2D eigenvalue weighted by atomic mass is 16.5. The van der Waals surface area contributed by atoms with Crippen molar-refractivity contribution in [1.29, 1.82) is 5.41 Å². The van der Waals surface area contributed by atoms with Crippen LogP contribution in [0.4, 0.5) is 0 Å². The number of ether oxygens (including phenoxy) is 1. The van der Waals surface area contributed by atoms with Crippen LogP contribution in [0.3, 0.4) is 0 Å². The monoisotopic (exact) mass is 210 g/mol. The van der Waals surface area contributed by atoms with Crippen LogP contribution in [0.1, 0.15) is 39.0 Å². The smallest absolute Gasteiger partial charge is 0.0993 e. The molecule has 0 bridgehead atoms. The molecule has 0 amide bonds. The second kappa shape index (κ2) is 4.97. The van der Waals surface area contributed by atoms with Crippen molar-refractivity contribution in [3.05, 3.63) is 0 Å². The zero-order chi connectivity index (χ0) is 10.7. The maximum Gasteiger partial charge on any atom is 0.0993 e. The third-order valence-electron chi connectivity index (χ3n) is 3.75. The lowest BCUT2D eigenvalue weighted by Crippen LogP contribution is -2.49. The summed E-state index contributed by atoms with van der Waals surface area (Å²) in [6.45, 7) is 4.72. The number of nitrogens with zero attached hydrogens (tertiary/aromatic N) is 1. The lowest BCUT2D eigenvalue weighted by atomic mass is 10.0. The molecule has 0 spiro atoms. The molecule has 1 heterocycles. The molecular formula is C12H22N2O. The molecule has 2 rings (SSSR count). The summed E-state index contributed by atoms with van der Waals surface area (Å²) in [7, 11) is 0. The first-order valence-corrected chi connectivity index (χ1v) is 6.25. The van der Waals surface area contributed by atoms with Gasteiger partial charge in [-0.05, 0) is 19.3 Å². The minimum Gasteiger partial charge on any atom is -0.377 e. The van der Waals surface area contributed by atoms with Crippen molar-refractivity contribution in [1.82, 2.24) is 4.90 Å². The Hall–Kier alpha value is -0.570. The molecule has 0 aromatic heterocycles. The lowest BCUT2D eigenvalue weighted by molar-refractivity contribution is 0.0225. The highest BCUT2D eigenvalue weighted by Gasteiger charge is 2.29. The summed E-state index contributed by atoms with van der Waals surface area (Å²) < 4.78 is 5.48. The van der Waals surface area contributed by atoms with Crippen LogP contribution in [0.2, 0.25) is 0 Å². The van der Waals surface area contributed by atoms with Crippen molar-refractivity contribution in [2.24, 2.45) is 5.92 Å². The van der Waals surface area contributed by atoms with Gasteiger partial charge in [0.15, 0.2) is 0 Å². The van der Waals surface area contributed by atoms with Gasteiger partial charge in [0.25, 0.3) is 0 Å². The number of morpholine rings is 1. The molecule has 2 fully saturated rings. The van der Waals surface area contributed by atoms with Crippen molar-refractivity contribution >= 4 is 5.84 Å². The molecule has 3 heteroatoms. The van der Waals surface area contributed by atoms with Crippen molar-refractivity contribution in [2.45, 2.75) is 45.1 Å². The van der Waals surface area contributed by atoms with Gasteiger partial charge < -0.3 is 9.64 Å². The van der Waals surface area contributed by atoms with Gasteiger partial charge in [-0.15, -0.1) is 0 Å². The first-order chi connectivity index (χ1) is 7.33. The van der Waals surface area contributed by atoms with Gasteiger partial charge in [-0.25, -0.2) is 0 Å². The minimum atomic E-state index is 0.451. The van der Waals surface area contributed by atoms with Gasteiger partial charge in [0, 0.05) is 12.5 Å². The van der Waals surface area contributed by atoms with Crippen LogP contribution >= 0.6 is 0 Å². The van der Waals surface area contributed by atoms with Crippen molar-refractivity contribution in [3.63, 3.8) is 0 Å². The van der Waals surface area contributed by atoms with Gasteiger partial charge in [-0.2, -0.15) is 0 Å². The van der Waals surface area contributed by atoms with Gasteiger partial charge in [-0.1, -0.05) is 19.8 Å². The molecule has 1 unspecified atom stereocenters. The van der Waals surface area contributed by atoms with E-state index >= 15 is 0 Å². The van der Waals surface area contributed by atoms with Crippen LogP contribution in [0.5, 0.6) is 0 Å². The summed E-state index contributed by atoms with van der Waals surface area (Å²) in [4.78, 5) is 2.29. The Labute approximate surface area is 92.3 Å². The molecule has 0 aromatic rings. The fraction of sp³-hybridized carbons (Fsp3) is 0.917. The zero-order valence-electron chi connectivity index (χ0n) is 9.67. The number of rotatable bonds is 2. The number of hydrogen-bond donors (Lipinski definition) is 1. The van der Waals surface area contributed by atoms with Crippen molar-refractivity contribution in [3.8, 4) is 0 Å². The second-order valence-corrected chi connectivity index (χ2v) is 4.70. The minimum absolute atomic E-state index is 0.451. The highest BCUT2D eigenvalue weighted by Crippen LogP contribution is 2.28. The van der Waals surface area contributed by atoms with E-state index in [1.807, 2.05) is 0 Å². The quantitative estimate of drug-likeness (QED) is 0.560. The van der Waals surface area contributed by atoms with Gasteiger partial charge in [0.1, 0.15) is 0 Å². The van der Waals surface area contributed by atoms with Gasteiger partial charge >= 0.3 is 0 Å². The first kappa shape index (κ1) is 10.9. The largest absolute Gasteiger partial charge is 0.377 e. The van der Waals surface area contributed by atoms with E-state index < -0.39 is 0 Å². The third-order valence-corrected chi connectivity index (χ3v) is 3.75. The van der Waals surface area contributed by atoms with Crippen LogP contribution in [0.25, 0.3) is 0 Å². The van der Waals surface area contributed by atoms with E-state index in [0.717, 1.165) is 32.0 Å². The van der Waals surface area contributed by atoms with Crippen LogP contribution in [0, 0.1) is 11.3 Å². The third kappa shape index (κ3) is 2.33. The molecule has 1 saturated heterocycles. The van der Waals surface area contributed by atoms with E-state index in [1.54, 1.807) is 0 Å². The Balaban J connectivity index is 1.96. The van der Waals surface area contributed by atoms with E-state index in [9.17, 15) is 0 Å². The second-order valence-electron chi connectivity index (χ2n) is 4.70. The van der Waals surface area contributed by atoms with Crippen molar-refractivity contribution in [2.75, 3.05) is 19.8 Å². The summed E-state index contributed by atoms with van der Waals surface area (Å²) >= 11 is 0. The van der Waals surface area contributed by atoms with E-state index in [4.69, 9.17) is 10.1 Å². The molecule has 86 valence electrons. The van der Waals surface area contributed by atoms with Gasteiger partial charge in [0.2, 0.25) is 0 Å². The van der Waals surface area contributed by atoms with E-state index in [0.29, 0.717) is 12.0 Å². The van der Waals surface area contributed by atoms with Crippen LogP contribution < -0.4 is 0 Å². The molecule has 1 saturated carbocycles. The lowest BCUT2D eigenvalue weighted by Gasteiger charge is -2.38. The normalized spacial score (nSPS) is 28.3. The average molecular weight is 210 g/mol. The summed E-state index contributed by atoms with van der Waals surface area (Å²) in [5.41, 5.74) is 0. The fourth-order valence-corrected chi connectivity index (χ4v) is 2.74. The fourth-order valence-electron chi connectivity index (χ4n) is 2.74. The Bertz CT molecular complexity index is 224. The predicted molar refractivity (Wildman–Crippen MR) is 61.3 cm³/mol. The van der Waals surface area contributed by atoms with Gasteiger partial charge in [0.05, 0.1) is 25.1 Å². The molecule has 1 aliphatic heterocycles. The molecule has 1 N–H and O–H groups in total. The highest BCUT2D eigenvalue weighted by molar-refractivity contribution is 5.82. The zero-order valence-corrected chi connectivity index (χ0v) is 9.67. The van der Waals surface area contributed by atoms with E-state index in [-0.39, 0.29) is 0 Å². The molecule has 15 heavy (non-hydrogen) atoms. The molecule has 1 aliphatic carbocycles. The van der Waals surface area contributed by atoms with Crippen LogP contribution in [-0.2, 0) is 4.74 Å². The Morgan fingerprint density at radius 2 is 2.13 bits per heavy atom. The summed E-state index contributed by atoms with van der Waals surface area (Å²) in [5.74, 6) is 1.43. The first-order valence-electron chi connectivity index (χ1n) is 6.25. The molecule has 3 nitrogen and oxygen atoms in total. The average Bonchev–Trinajstić information content (AvgIpc) is 2.81. The molecular weight excluding hydrogens is 188 g/mol. The Kier molecular flexibility index (Phi) is 3.62. The van der Waals surface area contributed by atoms with Crippen LogP contribution in [0.15, 0.2) is 0 Å². The maximum absolute atomic E-state index is 8.28. The molecule has 0 aromatic carbocycles. The standard InChI is InChI=1S/C12H22N2O/c1-2-11-9-15-8-7-14(11)12(13)10-5-3-4-6-10/h10-11,13H,2-9H2,1H3. The topological polar surface area (TPSA) is 36.3 Å². The molecule has 1 atom stereocenters. The van der Waals surface area contributed by atoms with Crippen LogP contribution in [-0.4, -0.2) is 36.5 Å². The predicted octanol–water partition coefficient (Wildman–Crippen LogP) is 2.26. The van der Waals surface area contributed by atoms with E-state index in [2.05, 4.69) is 11.8 Å². The summed E-state index contributed by atoms with van der Waals surface area (Å²) in [6, 6.07) is 0.451. The number of hydrogen-bond acceptors (Lipinski definition) is 2. The molecule has 0 radical (unpaired) electrons. The Morgan fingerprint density at radius 1 is 1.40 bits per heavy atom. The summed E-state index contributed by atoms with van der Waals surface area (Å²) in [5, 5.41) is 8.28.